The van der Waals surface area contributed by atoms with Crippen LogP contribution in [-0.2, 0) is 16.1 Å². The van der Waals surface area contributed by atoms with Crippen molar-refractivity contribution < 1.29 is 14.3 Å². The van der Waals surface area contributed by atoms with E-state index in [0.717, 1.165) is 11.3 Å². The summed E-state index contributed by atoms with van der Waals surface area (Å²) in [7, 11) is 0. The fourth-order valence-electron chi connectivity index (χ4n) is 2.33. The fourth-order valence-corrected chi connectivity index (χ4v) is 2.33. The summed E-state index contributed by atoms with van der Waals surface area (Å²) < 4.78 is 11.2. The maximum Gasteiger partial charge on any atom is 0.240 e. The maximum atomic E-state index is 12.2. The zero-order valence-electron chi connectivity index (χ0n) is 14.0. The van der Waals surface area contributed by atoms with Crippen molar-refractivity contribution in [2.24, 2.45) is 5.92 Å². The van der Waals surface area contributed by atoms with Gasteiger partial charge in [0.15, 0.2) is 0 Å². The van der Waals surface area contributed by atoms with E-state index >= 15 is 0 Å². The Hall–Kier alpha value is -1.30. The molecule has 0 radical (unpaired) electrons. The number of carbonyl (C=O) groups excluding carboxylic acids is 1. The largest absolute Gasteiger partial charge is 0.493 e. The lowest BCUT2D eigenvalue weighted by Crippen LogP contribution is -2.55. The Morgan fingerprint density at radius 1 is 1.48 bits per heavy atom. The first-order valence-electron chi connectivity index (χ1n) is 7.90. The van der Waals surface area contributed by atoms with Gasteiger partial charge in [0.05, 0.1) is 19.3 Å². The molecule has 5 nitrogen and oxygen atoms in total. The number of benzene rings is 1. The Balaban J connectivity index is 0.00000264. The van der Waals surface area contributed by atoms with Gasteiger partial charge in [0.2, 0.25) is 5.91 Å². The second kappa shape index (κ2) is 9.75. The Morgan fingerprint density at radius 2 is 2.26 bits per heavy atom. The van der Waals surface area contributed by atoms with Crippen LogP contribution in [0.5, 0.6) is 5.75 Å². The SMILES string of the molecule is CC(C)COc1cccc(CNC(=O)[C@H]2NCCO[C@@H]2C)c1.Cl. The molecule has 2 atom stereocenters. The first-order chi connectivity index (χ1) is 10.6. The van der Waals surface area contributed by atoms with E-state index in [4.69, 9.17) is 9.47 Å². The van der Waals surface area contributed by atoms with Crippen LogP contribution in [0, 0.1) is 5.92 Å². The van der Waals surface area contributed by atoms with Gasteiger partial charge in [0, 0.05) is 13.1 Å². The van der Waals surface area contributed by atoms with Gasteiger partial charge >= 0.3 is 0 Å². The first kappa shape index (κ1) is 19.7. The number of nitrogens with one attached hydrogen (secondary N) is 2. The number of amides is 1. The number of carbonyl (C=O) groups is 1. The fraction of sp³-hybridized carbons (Fsp3) is 0.588. The summed E-state index contributed by atoms with van der Waals surface area (Å²) in [5.41, 5.74) is 1.03. The zero-order chi connectivity index (χ0) is 15.9. The smallest absolute Gasteiger partial charge is 0.240 e. The van der Waals surface area contributed by atoms with E-state index in [2.05, 4.69) is 24.5 Å². The van der Waals surface area contributed by atoms with Gasteiger partial charge in [-0.15, -0.1) is 12.4 Å². The average Bonchev–Trinajstić information content (AvgIpc) is 2.51. The van der Waals surface area contributed by atoms with E-state index in [9.17, 15) is 4.79 Å². The molecule has 1 fully saturated rings. The molecule has 1 aliphatic heterocycles. The molecular weight excluding hydrogens is 316 g/mol. The Kier molecular flexibility index (Phi) is 8.37. The van der Waals surface area contributed by atoms with Gasteiger partial charge in [-0.2, -0.15) is 0 Å². The van der Waals surface area contributed by atoms with E-state index in [1.165, 1.54) is 0 Å². The first-order valence-corrected chi connectivity index (χ1v) is 7.90. The molecule has 23 heavy (non-hydrogen) atoms. The van der Waals surface area contributed by atoms with Crippen LogP contribution in [-0.4, -0.2) is 37.8 Å². The van der Waals surface area contributed by atoms with Crippen molar-refractivity contribution in [2.45, 2.75) is 39.5 Å². The van der Waals surface area contributed by atoms with Crippen molar-refractivity contribution in [3.63, 3.8) is 0 Å². The molecule has 130 valence electrons. The van der Waals surface area contributed by atoms with Crippen molar-refractivity contribution in [3.8, 4) is 5.75 Å². The molecule has 1 saturated heterocycles. The highest BCUT2D eigenvalue weighted by Gasteiger charge is 2.27. The van der Waals surface area contributed by atoms with Crippen molar-refractivity contribution in [3.05, 3.63) is 29.8 Å². The second-order valence-corrected chi connectivity index (χ2v) is 6.08. The predicted octanol–water partition coefficient (Wildman–Crippen LogP) is 2.14. The minimum absolute atomic E-state index is 0. The molecule has 6 heteroatoms. The minimum atomic E-state index is -0.283. The lowest BCUT2D eigenvalue weighted by molar-refractivity contribution is -0.129. The van der Waals surface area contributed by atoms with Crippen LogP contribution >= 0.6 is 12.4 Å². The van der Waals surface area contributed by atoms with E-state index in [1.807, 2.05) is 31.2 Å². The Bertz CT molecular complexity index is 496. The number of hydrogen-bond donors (Lipinski definition) is 2. The highest BCUT2D eigenvalue weighted by atomic mass is 35.5. The summed E-state index contributed by atoms with van der Waals surface area (Å²) >= 11 is 0. The molecule has 1 heterocycles. The molecule has 1 aromatic carbocycles. The maximum absolute atomic E-state index is 12.2. The van der Waals surface area contributed by atoms with Crippen LogP contribution in [0.3, 0.4) is 0 Å². The van der Waals surface area contributed by atoms with Gasteiger partial charge in [-0.05, 0) is 30.5 Å². The van der Waals surface area contributed by atoms with Gasteiger partial charge < -0.3 is 20.1 Å². The van der Waals surface area contributed by atoms with Gasteiger partial charge in [-0.25, -0.2) is 0 Å². The summed E-state index contributed by atoms with van der Waals surface area (Å²) in [6.45, 7) is 8.69. The third-order valence-corrected chi connectivity index (χ3v) is 3.55. The number of halogens is 1. The summed E-state index contributed by atoms with van der Waals surface area (Å²) in [6, 6.07) is 7.55. The van der Waals surface area contributed by atoms with Gasteiger partial charge in [-0.3, -0.25) is 4.79 Å². The molecule has 0 aliphatic carbocycles. The van der Waals surface area contributed by atoms with Crippen LogP contribution in [0.2, 0.25) is 0 Å². The molecule has 1 aromatic rings. The average molecular weight is 343 g/mol. The van der Waals surface area contributed by atoms with E-state index in [-0.39, 0.29) is 30.5 Å². The third-order valence-electron chi connectivity index (χ3n) is 3.55. The lowest BCUT2D eigenvalue weighted by Gasteiger charge is -2.29. The zero-order valence-corrected chi connectivity index (χ0v) is 14.8. The normalized spacial score (nSPS) is 20.7. The molecule has 1 aliphatic rings. The van der Waals surface area contributed by atoms with Crippen LogP contribution in [0.4, 0.5) is 0 Å². The van der Waals surface area contributed by atoms with E-state index < -0.39 is 0 Å². The quantitative estimate of drug-likeness (QED) is 0.831. The van der Waals surface area contributed by atoms with Gasteiger partial charge in [0.1, 0.15) is 11.8 Å². The highest BCUT2D eigenvalue weighted by Crippen LogP contribution is 2.14. The van der Waals surface area contributed by atoms with Crippen molar-refractivity contribution in [2.75, 3.05) is 19.8 Å². The van der Waals surface area contributed by atoms with E-state index in [0.29, 0.717) is 32.2 Å². The van der Waals surface area contributed by atoms with Gasteiger partial charge in [-0.1, -0.05) is 26.0 Å². The predicted molar refractivity (Wildman–Crippen MR) is 93.1 cm³/mol. The van der Waals surface area contributed by atoms with E-state index in [1.54, 1.807) is 0 Å². The Morgan fingerprint density at radius 3 is 2.96 bits per heavy atom. The van der Waals surface area contributed by atoms with Crippen LogP contribution < -0.4 is 15.4 Å². The van der Waals surface area contributed by atoms with Crippen LogP contribution in [0.1, 0.15) is 26.3 Å². The molecule has 0 aromatic heterocycles. The molecular formula is C17H27ClN2O3. The minimum Gasteiger partial charge on any atom is -0.493 e. The topological polar surface area (TPSA) is 59.6 Å². The summed E-state index contributed by atoms with van der Waals surface area (Å²) in [5, 5.41) is 6.14. The molecule has 2 N–H and O–H groups in total. The molecule has 2 rings (SSSR count). The van der Waals surface area contributed by atoms with Crippen LogP contribution in [0.15, 0.2) is 24.3 Å². The number of ether oxygens (including phenoxy) is 2. The monoisotopic (exact) mass is 342 g/mol. The number of hydrogen-bond acceptors (Lipinski definition) is 4. The molecule has 0 saturated carbocycles. The number of morpholine rings is 1. The Labute approximate surface area is 144 Å². The summed E-state index contributed by atoms with van der Waals surface area (Å²) in [5.74, 6) is 1.30. The van der Waals surface area contributed by atoms with Gasteiger partial charge in [0.25, 0.3) is 0 Å². The standard InChI is InChI=1S/C17H26N2O3.ClH/c1-12(2)11-22-15-6-4-5-14(9-15)10-19-17(20)16-13(3)21-8-7-18-16;/h4-6,9,12-13,16,18H,7-8,10-11H2,1-3H3,(H,19,20);1H/t13-,16+;/m1./s1. The molecule has 0 spiro atoms. The van der Waals surface area contributed by atoms with Crippen LogP contribution in [0.25, 0.3) is 0 Å². The summed E-state index contributed by atoms with van der Waals surface area (Å²) in [6.07, 6.45) is -0.102. The highest BCUT2D eigenvalue weighted by molar-refractivity contribution is 5.85. The van der Waals surface area contributed by atoms with Crippen molar-refractivity contribution in [1.29, 1.82) is 0 Å². The molecule has 0 unspecified atom stereocenters. The van der Waals surface area contributed by atoms with Crippen molar-refractivity contribution >= 4 is 18.3 Å². The van der Waals surface area contributed by atoms with Crippen molar-refractivity contribution in [1.82, 2.24) is 10.6 Å². The number of rotatable bonds is 6. The third kappa shape index (κ3) is 6.37. The summed E-state index contributed by atoms with van der Waals surface area (Å²) in [4.78, 5) is 12.2. The lowest BCUT2D eigenvalue weighted by atomic mass is 10.1. The molecule has 0 bridgehead atoms. The second-order valence-electron chi connectivity index (χ2n) is 6.08. The molecule has 1 amide bonds.